The fraction of sp³-hybridized carbons (Fsp3) is 0.296. The van der Waals surface area contributed by atoms with E-state index in [1.165, 1.54) is 22.8 Å². The van der Waals surface area contributed by atoms with Crippen LogP contribution in [0.1, 0.15) is 108 Å². The minimum Gasteiger partial charge on any atom is -0.354 e. The molecule has 358 valence electrons. The number of unbranched alkanes of at least 4 members (excludes halogenated alkanes) is 3. The molecule has 0 unspecified atom stereocenters. The number of hydrogen-bond donors (Lipinski definition) is 5. The van der Waals surface area contributed by atoms with Gasteiger partial charge in [0.15, 0.2) is 0 Å². The van der Waals surface area contributed by atoms with Gasteiger partial charge < -0.3 is 9.97 Å². The molecule has 0 fully saturated rings. The first-order chi connectivity index (χ1) is 33.7. The third-order valence-electron chi connectivity index (χ3n) is 12.9. The monoisotopic (exact) mass is 940 g/mol. The topological polar surface area (TPSA) is 222 Å². The Morgan fingerprint density at radius 3 is 1.06 bits per heavy atom. The van der Waals surface area contributed by atoms with Gasteiger partial charge >= 0.3 is 17.1 Å². The zero-order valence-corrected chi connectivity index (χ0v) is 40.2. The normalized spacial score (nSPS) is 12.3. The highest BCUT2D eigenvalue weighted by molar-refractivity contribution is 5.99. The van der Waals surface area contributed by atoms with Gasteiger partial charge in [0.25, 0.3) is 16.7 Å². The lowest BCUT2D eigenvalue weighted by molar-refractivity contribution is 0.590. The largest absolute Gasteiger partial charge is 0.354 e. The molecule has 16 heteroatoms. The number of nitrogens with one attached hydrogen (secondary N) is 5. The first kappa shape index (κ1) is 46.9. The van der Waals surface area contributed by atoms with Crippen molar-refractivity contribution in [2.24, 2.45) is 0 Å². The van der Waals surface area contributed by atoms with Gasteiger partial charge in [-0.05, 0) is 84.4 Å². The van der Waals surface area contributed by atoms with Gasteiger partial charge in [0.1, 0.15) is 0 Å². The van der Waals surface area contributed by atoms with Crippen LogP contribution in [0.3, 0.4) is 0 Å². The lowest BCUT2D eigenvalue weighted by Gasteiger charge is -2.19. The summed E-state index contributed by atoms with van der Waals surface area (Å²) in [7, 11) is 0. The van der Waals surface area contributed by atoms with Crippen molar-refractivity contribution in [1.82, 2.24) is 48.6 Å². The molecule has 0 saturated heterocycles. The molecule has 6 aromatic heterocycles. The lowest BCUT2D eigenvalue weighted by Crippen LogP contribution is -2.31. The van der Waals surface area contributed by atoms with Crippen LogP contribution in [0.15, 0.2) is 95.5 Å². The third kappa shape index (κ3) is 8.99. The first-order valence-corrected chi connectivity index (χ1v) is 24.0. The molecule has 9 rings (SSSR count). The molecule has 5 N–H and O–H groups in total. The van der Waals surface area contributed by atoms with Gasteiger partial charge in [0.05, 0.1) is 56.4 Å². The maximum atomic E-state index is 13.8. The molecule has 8 heterocycles. The van der Waals surface area contributed by atoms with Crippen LogP contribution in [-0.4, -0.2) is 48.6 Å². The molecule has 1 aromatic carbocycles. The number of rotatable bonds is 13. The molecule has 0 aliphatic carbocycles. The second-order valence-electron chi connectivity index (χ2n) is 18.8. The molecule has 0 radical (unpaired) electrons. The van der Waals surface area contributed by atoms with E-state index in [1.807, 2.05) is 57.2 Å². The van der Waals surface area contributed by atoms with Gasteiger partial charge in [0.2, 0.25) is 0 Å². The summed E-state index contributed by atoms with van der Waals surface area (Å²) < 4.78 is 4.64. The van der Waals surface area contributed by atoms with Gasteiger partial charge in [-0.15, -0.1) is 0 Å². The Kier molecular flexibility index (Phi) is 12.8. The zero-order chi connectivity index (χ0) is 49.4. The quantitative estimate of drug-likeness (QED) is 0.0752. The van der Waals surface area contributed by atoms with Crippen molar-refractivity contribution >= 4 is 46.4 Å². The van der Waals surface area contributed by atoms with E-state index in [4.69, 9.17) is 9.97 Å². The number of aromatic amines is 5. The second kappa shape index (κ2) is 19.1. The van der Waals surface area contributed by atoms with Crippen molar-refractivity contribution < 1.29 is 0 Å². The maximum absolute atomic E-state index is 13.8. The number of fused-ring (bicyclic) bond motifs is 8. The van der Waals surface area contributed by atoms with Crippen LogP contribution in [0.4, 0.5) is 0 Å². The molecule has 0 saturated carbocycles. The maximum Gasteiger partial charge on any atom is 0.328 e. The predicted molar refractivity (Wildman–Crippen MR) is 279 cm³/mol. The smallest absolute Gasteiger partial charge is 0.328 e. The minimum absolute atomic E-state index is 0.119. The van der Waals surface area contributed by atoms with Crippen molar-refractivity contribution in [2.45, 2.75) is 105 Å². The molecule has 0 atom stereocenters. The molecule has 8 bridgehead atoms. The molecule has 7 aromatic rings. The van der Waals surface area contributed by atoms with Crippen LogP contribution in [0.5, 0.6) is 0 Å². The van der Waals surface area contributed by atoms with Gasteiger partial charge in [-0.1, -0.05) is 85.1 Å². The standard InChI is InChI=1S/C54H56N10O6/c1-7-10-25-62-41(28-44(65)59-51(62)68)48-35-19-17-33(55-35)47(31-13-15-32(16-14-31)54(4,5)6)34-18-20-36(56-34)49(42-29-45(66)60-52(69)63(42)26-11-8-2)38-22-24-40(58-38)50(39-23-21-37(48)57-39)43-30-46(67)61-53(70)64(43)27-12-9-3/h13-24,28-30,55,58H,7-12,25-27H2,1-6H3,(H,59,65,68)(H,60,66,69)(H,61,67,70). The van der Waals surface area contributed by atoms with Crippen LogP contribution in [0.2, 0.25) is 0 Å². The molecule has 0 amide bonds. The third-order valence-corrected chi connectivity index (χ3v) is 12.9. The van der Waals surface area contributed by atoms with Crippen LogP contribution >= 0.6 is 0 Å². The van der Waals surface area contributed by atoms with E-state index in [2.05, 4.69) is 70.0 Å². The predicted octanol–water partition coefficient (Wildman–Crippen LogP) is 8.57. The molecular weight excluding hydrogens is 885 g/mol. The Morgan fingerprint density at radius 2 is 0.743 bits per heavy atom. The number of H-pyrrole nitrogens is 5. The first-order valence-electron chi connectivity index (χ1n) is 24.0. The summed E-state index contributed by atoms with van der Waals surface area (Å²) in [6.45, 7) is 13.5. The Bertz CT molecular complexity index is 3730. The summed E-state index contributed by atoms with van der Waals surface area (Å²) in [4.78, 5) is 106. The number of hydrogen-bond acceptors (Lipinski definition) is 8. The summed E-state index contributed by atoms with van der Waals surface area (Å²) in [6, 6.07) is 20.0. The zero-order valence-electron chi connectivity index (χ0n) is 40.2. The highest BCUT2D eigenvalue weighted by Crippen LogP contribution is 2.38. The van der Waals surface area contributed by atoms with E-state index >= 15 is 0 Å². The van der Waals surface area contributed by atoms with Crippen molar-refractivity contribution in [1.29, 1.82) is 0 Å². The highest BCUT2D eigenvalue weighted by Gasteiger charge is 2.24. The van der Waals surface area contributed by atoms with Crippen molar-refractivity contribution in [3.63, 3.8) is 0 Å². The van der Waals surface area contributed by atoms with Crippen LogP contribution in [0.25, 0.3) is 91.3 Å². The minimum atomic E-state index is -0.607. The van der Waals surface area contributed by atoms with Crippen LogP contribution < -0.4 is 33.7 Å². The van der Waals surface area contributed by atoms with E-state index in [0.717, 1.165) is 36.0 Å². The summed E-state index contributed by atoms with van der Waals surface area (Å²) >= 11 is 0. The van der Waals surface area contributed by atoms with Gasteiger partial charge in [0, 0.05) is 65.6 Å². The van der Waals surface area contributed by atoms with Crippen molar-refractivity contribution in [3.05, 3.63) is 158 Å². The van der Waals surface area contributed by atoms with Gasteiger partial charge in [-0.25, -0.2) is 24.4 Å². The highest BCUT2D eigenvalue weighted by atomic mass is 16.2. The fourth-order valence-electron chi connectivity index (χ4n) is 9.25. The average molecular weight is 941 g/mol. The van der Waals surface area contributed by atoms with Crippen LogP contribution in [-0.2, 0) is 25.0 Å². The molecule has 2 aliphatic heterocycles. The summed E-state index contributed by atoms with van der Waals surface area (Å²) in [6.07, 6.45) is 11.6. The molecule has 0 spiro atoms. The summed E-state index contributed by atoms with van der Waals surface area (Å²) in [5.74, 6) is 0. The summed E-state index contributed by atoms with van der Waals surface area (Å²) in [5, 5.41) is 0. The van der Waals surface area contributed by atoms with Crippen LogP contribution in [0, 0.1) is 0 Å². The average Bonchev–Trinajstić information content (AvgIpc) is 4.16. The Morgan fingerprint density at radius 1 is 0.429 bits per heavy atom. The number of aromatic nitrogens is 10. The SMILES string of the molecule is CCCCn1c(-c2c3nc(c(-c4cc(=O)[nH]c(=O)n4CCCC)c4ccc([nH]4)c(-c4cc(=O)[nH]c(=O)n4CCCC)c4nc(c(-c5ccc(C(C)(C)C)cc5)c5ccc2[nH]5)C=C4)C=C3)cc(=O)[nH]c1=O. The van der Waals surface area contributed by atoms with E-state index in [1.54, 1.807) is 21.3 Å². The molecule has 16 nitrogen and oxygen atoms in total. The number of benzene rings is 1. The lowest BCUT2D eigenvalue weighted by atomic mass is 9.86. The van der Waals surface area contributed by atoms with Gasteiger partial charge in [-0.2, -0.15) is 0 Å². The van der Waals surface area contributed by atoms with Crippen molar-refractivity contribution in [2.75, 3.05) is 0 Å². The Balaban J connectivity index is 1.52. The van der Waals surface area contributed by atoms with E-state index in [9.17, 15) is 28.8 Å². The van der Waals surface area contributed by atoms with E-state index in [-0.39, 0.29) is 12.0 Å². The second-order valence-corrected chi connectivity index (χ2v) is 18.8. The van der Waals surface area contributed by atoms with Crippen molar-refractivity contribution in [3.8, 4) is 44.9 Å². The van der Waals surface area contributed by atoms with Gasteiger partial charge in [-0.3, -0.25) is 43.0 Å². The fourth-order valence-corrected chi connectivity index (χ4v) is 9.25. The summed E-state index contributed by atoms with van der Waals surface area (Å²) in [5.41, 5.74) is 5.47. The molecule has 2 aliphatic rings. The van der Waals surface area contributed by atoms with E-state index < -0.39 is 33.7 Å². The molecular formula is C54H56N10O6. The molecule has 70 heavy (non-hydrogen) atoms. The Hall–Kier alpha value is -8.14. The Labute approximate surface area is 401 Å². The van der Waals surface area contributed by atoms with E-state index in [0.29, 0.717) is 111 Å². The number of nitrogens with zero attached hydrogens (tertiary/aromatic N) is 5.